The van der Waals surface area contributed by atoms with Crippen molar-refractivity contribution >= 4 is 17.2 Å². The average molecular weight is 343 g/mol. The third kappa shape index (κ3) is 3.17. The van der Waals surface area contributed by atoms with Crippen molar-refractivity contribution in [2.24, 2.45) is 0 Å². The number of aryl methyl sites for hydroxylation is 2. The van der Waals surface area contributed by atoms with E-state index in [9.17, 15) is 9.18 Å². The molecule has 0 radical (unpaired) electrons. The zero-order valence-corrected chi connectivity index (χ0v) is 14.5. The van der Waals surface area contributed by atoms with Gasteiger partial charge in [0, 0.05) is 30.0 Å². The summed E-state index contributed by atoms with van der Waals surface area (Å²) < 4.78 is 13.4. The lowest BCUT2D eigenvalue weighted by Gasteiger charge is -2.26. The average Bonchev–Trinajstić information content (AvgIpc) is 2.96. The monoisotopic (exact) mass is 343 g/mol. The van der Waals surface area contributed by atoms with E-state index in [0.717, 1.165) is 30.0 Å². The molecular formula is C18H18FN3OS. The molecular weight excluding hydrogens is 325 g/mol. The van der Waals surface area contributed by atoms with E-state index in [1.54, 1.807) is 29.4 Å². The summed E-state index contributed by atoms with van der Waals surface area (Å²) in [6, 6.07) is 5.68. The van der Waals surface area contributed by atoms with E-state index in [2.05, 4.69) is 4.98 Å². The van der Waals surface area contributed by atoms with Crippen LogP contribution in [-0.4, -0.2) is 29.4 Å². The Balaban J connectivity index is 1.77. The maximum absolute atomic E-state index is 13.4. The van der Waals surface area contributed by atoms with Gasteiger partial charge in [0.1, 0.15) is 11.9 Å². The molecule has 0 aliphatic heterocycles. The Morgan fingerprint density at radius 1 is 1.54 bits per heavy atom. The van der Waals surface area contributed by atoms with Crippen LogP contribution in [0.3, 0.4) is 0 Å². The van der Waals surface area contributed by atoms with E-state index in [4.69, 9.17) is 5.26 Å². The predicted molar refractivity (Wildman–Crippen MR) is 90.6 cm³/mol. The van der Waals surface area contributed by atoms with Gasteiger partial charge in [-0.2, -0.15) is 5.26 Å². The molecule has 4 nitrogen and oxygen atoms in total. The van der Waals surface area contributed by atoms with Crippen molar-refractivity contribution < 1.29 is 9.18 Å². The molecule has 1 aromatic carbocycles. The lowest BCUT2D eigenvalue weighted by molar-refractivity contribution is 0.0783. The van der Waals surface area contributed by atoms with Crippen molar-refractivity contribution in [1.29, 1.82) is 5.26 Å². The Bertz CT molecular complexity index is 824. The maximum atomic E-state index is 13.4. The van der Waals surface area contributed by atoms with Gasteiger partial charge in [0.05, 0.1) is 16.3 Å². The van der Waals surface area contributed by atoms with Crippen LogP contribution in [0.1, 0.15) is 50.3 Å². The molecule has 1 atom stereocenters. The summed E-state index contributed by atoms with van der Waals surface area (Å²) in [5, 5.41) is 9.98. The highest BCUT2D eigenvalue weighted by molar-refractivity contribution is 7.11. The first-order valence-electron chi connectivity index (χ1n) is 7.91. The number of carbonyl (C=O) groups is 1. The molecule has 1 aliphatic carbocycles. The Morgan fingerprint density at radius 2 is 2.33 bits per heavy atom. The summed E-state index contributed by atoms with van der Waals surface area (Å²) in [4.78, 5) is 20.2. The molecule has 1 amide bonds. The number of nitriles is 1. The van der Waals surface area contributed by atoms with Gasteiger partial charge in [0.2, 0.25) is 0 Å². The molecule has 0 spiro atoms. The smallest absolute Gasteiger partial charge is 0.253 e. The second-order valence-corrected chi connectivity index (χ2v) is 7.41. The zero-order chi connectivity index (χ0) is 17.3. The quantitative estimate of drug-likeness (QED) is 0.855. The third-order valence-electron chi connectivity index (χ3n) is 4.35. The van der Waals surface area contributed by atoms with E-state index in [0.29, 0.717) is 12.1 Å². The van der Waals surface area contributed by atoms with Gasteiger partial charge in [-0.1, -0.05) is 0 Å². The molecule has 0 fully saturated rings. The Morgan fingerprint density at radius 3 is 3.08 bits per heavy atom. The Labute approximate surface area is 144 Å². The second kappa shape index (κ2) is 6.70. The van der Waals surface area contributed by atoms with Crippen LogP contribution < -0.4 is 0 Å². The molecule has 0 saturated heterocycles. The normalized spacial score (nSPS) is 16.3. The van der Waals surface area contributed by atoms with Crippen LogP contribution >= 0.6 is 11.3 Å². The van der Waals surface area contributed by atoms with Crippen LogP contribution in [0.4, 0.5) is 4.39 Å². The second-order valence-electron chi connectivity index (χ2n) is 6.12. The van der Waals surface area contributed by atoms with Crippen molar-refractivity contribution in [3.63, 3.8) is 0 Å². The number of likely N-dealkylation sites (N-methyl/N-ethyl adjacent to an activating group) is 1. The van der Waals surface area contributed by atoms with E-state index in [-0.39, 0.29) is 17.4 Å². The maximum Gasteiger partial charge on any atom is 0.253 e. The minimum atomic E-state index is -0.605. The summed E-state index contributed by atoms with van der Waals surface area (Å²) >= 11 is 1.74. The predicted octanol–water partition coefficient (Wildman–Crippen LogP) is 3.65. The summed E-state index contributed by atoms with van der Waals surface area (Å²) in [5.41, 5.74) is 1.35. The van der Waals surface area contributed by atoms with Gasteiger partial charge >= 0.3 is 0 Å². The Kier molecular flexibility index (Phi) is 4.63. The van der Waals surface area contributed by atoms with Crippen LogP contribution in [0.15, 0.2) is 18.2 Å². The van der Waals surface area contributed by atoms with E-state index in [1.807, 2.05) is 6.92 Å². The molecule has 0 N–H and O–H groups in total. The van der Waals surface area contributed by atoms with Crippen LogP contribution in [-0.2, 0) is 6.42 Å². The van der Waals surface area contributed by atoms with E-state index >= 15 is 0 Å². The third-order valence-corrected chi connectivity index (χ3v) is 5.40. The van der Waals surface area contributed by atoms with Gasteiger partial charge in [-0.3, -0.25) is 4.79 Å². The first-order chi connectivity index (χ1) is 11.5. The molecule has 0 bridgehead atoms. The minimum absolute atomic E-state index is 0.107. The number of hydrogen-bond donors (Lipinski definition) is 0. The summed E-state index contributed by atoms with van der Waals surface area (Å²) in [6.45, 7) is 2.59. The lowest BCUT2D eigenvalue weighted by atomic mass is 9.90. The molecule has 24 heavy (non-hydrogen) atoms. The molecule has 0 saturated carbocycles. The number of thiazole rings is 1. The number of carbonyl (C=O) groups excluding carboxylic acids is 1. The molecule has 6 heteroatoms. The van der Waals surface area contributed by atoms with Crippen LogP contribution in [0.25, 0.3) is 0 Å². The van der Waals surface area contributed by atoms with Crippen molar-refractivity contribution in [3.05, 3.63) is 50.7 Å². The SMILES string of the molecule is Cc1nc2c(s1)CCC[C@H]2CN(C)C(=O)c1ccc(F)c(C#N)c1. The molecule has 2 aromatic rings. The lowest BCUT2D eigenvalue weighted by Crippen LogP contribution is -2.32. The van der Waals surface area contributed by atoms with Crippen LogP contribution in [0.5, 0.6) is 0 Å². The summed E-state index contributed by atoms with van der Waals surface area (Å²) in [7, 11) is 1.74. The molecule has 1 heterocycles. The number of fused-ring (bicyclic) bond motifs is 1. The summed E-state index contributed by atoms with van der Waals surface area (Å²) in [5.74, 6) is -0.569. The highest BCUT2D eigenvalue weighted by Crippen LogP contribution is 2.35. The number of nitrogens with zero attached hydrogens (tertiary/aromatic N) is 3. The van der Waals surface area contributed by atoms with Gasteiger partial charge in [0.15, 0.2) is 0 Å². The fourth-order valence-electron chi connectivity index (χ4n) is 3.18. The molecule has 124 valence electrons. The summed E-state index contributed by atoms with van der Waals surface area (Å²) in [6.07, 6.45) is 3.19. The highest BCUT2D eigenvalue weighted by atomic mass is 32.1. The van der Waals surface area contributed by atoms with E-state index < -0.39 is 5.82 Å². The number of benzene rings is 1. The van der Waals surface area contributed by atoms with Gasteiger partial charge < -0.3 is 4.90 Å². The fourth-order valence-corrected chi connectivity index (χ4v) is 4.25. The molecule has 1 aliphatic rings. The number of halogens is 1. The molecule has 0 unspecified atom stereocenters. The fraction of sp³-hybridized carbons (Fsp3) is 0.389. The number of hydrogen-bond acceptors (Lipinski definition) is 4. The van der Waals surface area contributed by atoms with Crippen molar-refractivity contribution in [2.75, 3.05) is 13.6 Å². The van der Waals surface area contributed by atoms with Crippen LogP contribution in [0.2, 0.25) is 0 Å². The standard InChI is InChI=1S/C18H18FN3OS/c1-11-21-17-13(4-3-5-16(17)24-11)10-22(2)18(23)12-6-7-15(19)14(8-12)9-20/h6-8,13H,3-5,10H2,1-2H3/t13-/m0/s1. The highest BCUT2D eigenvalue weighted by Gasteiger charge is 2.26. The number of aromatic nitrogens is 1. The Hall–Kier alpha value is -2.26. The zero-order valence-electron chi connectivity index (χ0n) is 13.7. The minimum Gasteiger partial charge on any atom is -0.341 e. The van der Waals surface area contributed by atoms with Gasteiger partial charge in [0.25, 0.3) is 5.91 Å². The number of rotatable bonds is 3. The molecule has 1 aromatic heterocycles. The van der Waals surface area contributed by atoms with Crippen molar-refractivity contribution in [2.45, 2.75) is 32.1 Å². The first-order valence-corrected chi connectivity index (χ1v) is 8.72. The van der Waals surface area contributed by atoms with Crippen molar-refractivity contribution in [1.82, 2.24) is 9.88 Å². The van der Waals surface area contributed by atoms with Gasteiger partial charge in [-0.05, 0) is 44.4 Å². The topological polar surface area (TPSA) is 57.0 Å². The van der Waals surface area contributed by atoms with Gasteiger partial charge in [-0.15, -0.1) is 11.3 Å². The van der Waals surface area contributed by atoms with E-state index in [1.165, 1.54) is 23.1 Å². The van der Waals surface area contributed by atoms with Crippen molar-refractivity contribution in [3.8, 4) is 6.07 Å². The first kappa shape index (κ1) is 16.6. The van der Waals surface area contributed by atoms with Crippen LogP contribution in [0, 0.1) is 24.1 Å². The number of amides is 1. The molecule has 3 rings (SSSR count). The van der Waals surface area contributed by atoms with Gasteiger partial charge in [-0.25, -0.2) is 9.37 Å². The largest absolute Gasteiger partial charge is 0.341 e.